The smallest absolute Gasteiger partial charge is 0.232 e. The average molecular weight is 454 g/mol. The Labute approximate surface area is 201 Å². The number of fused-ring (bicyclic) bond motifs is 1. The van der Waals surface area contributed by atoms with E-state index in [1.54, 1.807) is 12.1 Å². The number of likely N-dealkylation sites (tertiary alicyclic amines) is 1. The van der Waals surface area contributed by atoms with Crippen LogP contribution in [0.1, 0.15) is 47.3 Å². The van der Waals surface area contributed by atoms with Crippen LogP contribution in [0.2, 0.25) is 0 Å². The molecule has 1 N–H and O–H groups in total. The number of allylic oxidation sites excluding steroid dienone is 1. The van der Waals surface area contributed by atoms with Gasteiger partial charge in [-0.1, -0.05) is 68.4 Å². The average Bonchev–Trinajstić information content (AvgIpc) is 3.13. The number of hydrogen-bond acceptors (Lipinski definition) is 4. The molecule has 4 heteroatoms. The first-order valence-electron chi connectivity index (χ1n) is 12.1. The van der Waals surface area contributed by atoms with Crippen LogP contribution in [-0.2, 0) is 6.54 Å². The fraction of sp³-hybridized carbons (Fsp3) is 0.300. The molecule has 0 bridgehead atoms. The third kappa shape index (κ3) is 4.38. The number of aromatic hydroxyl groups is 1. The maximum Gasteiger partial charge on any atom is 0.232 e. The highest BCUT2D eigenvalue weighted by Gasteiger charge is 2.34. The number of Topliss-reactive ketones (excluding diaryl/α,β-unsaturated/α-hetero) is 1. The van der Waals surface area contributed by atoms with Crippen LogP contribution in [0.15, 0.2) is 66.4 Å². The molecule has 2 heterocycles. The number of phenols is 1. The molecular weight excluding hydrogens is 422 g/mol. The molecule has 5 rings (SSSR count). The fourth-order valence-corrected chi connectivity index (χ4v) is 5.43. The normalized spacial score (nSPS) is 21.5. The van der Waals surface area contributed by atoms with Crippen molar-refractivity contribution in [2.75, 3.05) is 13.1 Å². The predicted molar refractivity (Wildman–Crippen MR) is 136 cm³/mol. The number of ether oxygens (including phenoxy) is 1. The topological polar surface area (TPSA) is 49.8 Å². The summed E-state index contributed by atoms with van der Waals surface area (Å²) in [6, 6.07) is 20.0. The predicted octanol–water partition coefficient (Wildman–Crippen LogP) is 6.46. The van der Waals surface area contributed by atoms with Gasteiger partial charge in [0.2, 0.25) is 5.78 Å². The SMILES string of the molecule is Cc1cc(O)c(CN2CC(C)CC(C)C2)c2c1C(=O)/C(=C\c1ccc(-c3ccccc3)cc1)O2. The Balaban J connectivity index is 1.43. The van der Waals surface area contributed by atoms with Crippen molar-refractivity contribution in [2.45, 2.75) is 33.7 Å². The van der Waals surface area contributed by atoms with E-state index >= 15 is 0 Å². The lowest BCUT2D eigenvalue weighted by molar-refractivity contribution is 0.101. The van der Waals surface area contributed by atoms with Crippen LogP contribution in [0.25, 0.3) is 17.2 Å². The minimum absolute atomic E-state index is 0.124. The van der Waals surface area contributed by atoms with Crippen LogP contribution in [0.3, 0.4) is 0 Å². The number of aryl methyl sites for hydroxylation is 1. The van der Waals surface area contributed by atoms with Crippen molar-refractivity contribution in [2.24, 2.45) is 11.8 Å². The number of piperidine rings is 1. The molecule has 1 fully saturated rings. The molecule has 0 amide bonds. The van der Waals surface area contributed by atoms with E-state index in [0.717, 1.165) is 35.3 Å². The maximum absolute atomic E-state index is 13.3. The highest BCUT2D eigenvalue weighted by Crippen LogP contribution is 2.42. The van der Waals surface area contributed by atoms with Crippen molar-refractivity contribution in [3.63, 3.8) is 0 Å². The van der Waals surface area contributed by atoms with Gasteiger partial charge in [0.15, 0.2) is 5.76 Å². The zero-order valence-electron chi connectivity index (χ0n) is 20.0. The second-order valence-electron chi connectivity index (χ2n) is 9.96. The van der Waals surface area contributed by atoms with Crippen LogP contribution >= 0.6 is 0 Å². The molecule has 0 aromatic heterocycles. The van der Waals surface area contributed by atoms with Gasteiger partial charge in [0.05, 0.1) is 11.1 Å². The quantitative estimate of drug-likeness (QED) is 0.461. The molecule has 1 saturated heterocycles. The molecule has 3 aromatic rings. The summed E-state index contributed by atoms with van der Waals surface area (Å²) in [6.45, 7) is 8.94. The van der Waals surface area contributed by atoms with Gasteiger partial charge in [0.25, 0.3) is 0 Å². The molecule has 2 unspecified atom stereocenters. The molecule has 0 aliphatic carbocycles. The molecule has 0 spiro atoms. The molecule has 2 atom stereocenters. The van der Waals surface area contributed by atoms with Crippen LogP contribution in [0.5, 0.6) is 11.5 Å². The highest BCUT2D eigenvalue weighted by atomic mass is 16.5. The summed E-state index contributed by atoms with van der Waals surface area (Å²) in [4.78, 5) is 15.6. The molecule has 2 aliphatic rings. The van der Waals surface area contributed by atoms with Crippen molar-refractivity contribution in [3.05, 3.63) is 88.7 Å². The first-order chi connectivity index (χ1) is 16.4. The number of hydrogen-bond donors (Lipinski definition) is 1. The Bertz CT molecular complexity index is 1230. The molecule has 3 aromatic carbocycles. The number of benzene rings is 3. The van der Waals surface area contributed by atoms with Crippen molar-refractivity contribution < 1.29 is 14.6 Å². The lowest BCUT2D eigenvalue weighted by atomic mass is 9.91. The van der Waals surface area contributed by atoms with Crippen LogP contribution in [0, 0.1) is 18.8 Å². The molecule has 34 heavy (non-hydrogen) atoms. The van der Waals surface area contributed by atoms with Gasteiger partial charge in [-0.2, -0.15) is 0 Å². The number of carbonyl (C=O) groups excluding carboxylic acids is 1. The van der Waals surface area contributed by atoms with Gasteiger partial charge >= 0.3 is 0 Å². The first-order valence-corrected chi connectivity index (χ1v) is 12.1. The largest absolute Gasteiger partial charge is 0.507 e. The van der Waals surface area contributed by atoms with Crippen molar-refractivity contribution in [3.8, 4) is 22.6 Å². The van der Waals surface area contributed by atoms with Gasteiger partial charge in [0.1, 0.15) is 11.5 Å². The maximum atomic E-state index is 13.3. The van der Waals surface area contributed by atoms with E-state index in [1.165, 1.54) is 6.42 Å². The number of nitrogens with zero attached hydrogens (tertiary/aromatic N) is 1. The van der Waals surface area contributed by atoms with Crippen LogP contribution in [-0.4, -0.2) is 28.9 Å². The molecule has 0 radical (unpaired) electrons. The minimum atomic E-state index is -0.124. The molecule has 174 valence electrons. The summed E-state index contributed by atoms with van der Waals surface area (Å²) in [5.41, 5.74) is 5.19. The standard InChI is InChI=1S/C30H31NO3/c1-19-13-20(2)17-31(16-19)18-25-26(32)14-21(3)28-29(33)27(34-30(25)28)15-22-9-11-24(12-10-22)23-7-5-4-6-8-23/h4-12,14-15,19-20,32H,13,16-18H2,1-3H3/b27-15+. The monoisotopic (exact) mass is 453 g/mol. The Morgan fingerprint density at radius 3 is 2.32 bits per heavy atom. The lowest BCUT2D eigenvalue weighted by Crippen LogP contribution is -2.38. The zero-order valence-corrected chi connectivity index (χ0v) is 20.0. The van der Waals surface area contributed by atoms with Gasteiger partial charge < -0.3 is 9.84 Å². The Kier molecular flexibility index (Phi) is 6.01. The number of carbonyl (C=O) groups is 1. The third-order valence-corrected chi connectivity index (χ3v) is 6.86. The zero-order chi connectivity index (χ0) is 23.8. The second-order valence-corrected chi connectivity index (χ2v) is 9.96. The number of rotatable bonds is 4. The van der Waals surface area contributed by atoms with Gasteiger partial charge in [-0.15, -0.1) is 0 Å². The van der Waals surface area contributed by atoms with Gasteiger partial charge in [-0.3, -0.25) is 9.69 Å². The van der Waals surface area contributed by atoms with E-state index in [-0.39, 0.29) is 11.5 Å². The van der Waals surface area contributed by atoms with Gasteiger partial charge in [-0.25, -0.2) is 0 Å². The Morgan fingerprint density at radius 1 is 1.00 bits per heavy atom. The summed E-state index contributed by atoms with van der Waals surface area (Å²) >= 11 is 0. The summed E-state index contributed by atoms with van der Waals surface area (Å²) in [7, 11) is 0. The van der Waals surface area contributed by atoms with Crippen LogP contribution < -0.4 is 4.74 Å². The fourth-order valence-electron chi connectivity index (χ4n) is 5.43. The molecule has 0 saturated carbocycles. The van der Waals surface area contributed by atoms with Crippen LogP contribution in [0.4, 0.5) is 0 Å². The lowest BCUT2D eigenvalue weighted by Gasteiger charge is -2.35. The van der Waals surface area contributed by atoms with Crippen molar-refractivity contribution in [1.82, 2.24) is 4.90 Å². The first kappa shape index (κ1) is 22.4. The number of phenolic OH excluding ortho intramolecular Hbond substituents is 1. The van der Waals surface area contributed by atoms with E-state index in [2.05, 4.69) is 43.0 Å². The van der Waals surface area contributed by atoms with E-state index in [1.807, 2.05) is 37.3 Å². The number of ketones is 1. The summed E-state index contributed by atoms with van der Waals surface area (Å²) in [6.07, 6.45) is 3.02. The Hall–Kier alpha value is -3.37. The molecule has 2 aliphatic heterocycles. The second kappa shape index (κ2) is 9.11. The van der Waals surface area contributed by atoms with E-state index < -0.39 is 0 Å². The van der Waals surface area contributed by atoms with Crippen molar-refractivity contribution >= 4 is 11.9 Å². The summed E-state index contributed by atoms with van der Waals surface area (Å²) < 4.78 is 6.15. The van der Waals surface area contributed by atoms with E-state index in [0.29, 0.717) is 41.0 Å². The van der Waals surface area contributed by atoms with Crippen molar-refractivity contribution in [1.29, 1.82) is 0 Å². The summed E-state index contributed by atoms with van der Waals surface area (Å²) in [5, 5.41) is 10.8. The van der Waals surface area contributed by atoms with E-state index in [9.17, 15) is 9.90 Å². The molecule has 4 nitrogen and oxygen atoms in total. The summed E-state index contributed by atoms with van der Waals surface area (Å²) in [5.74, 6) is 2.12. The highest BCUT2D eigenvalue weighted by molar-refractivity contribution is 6.15. The van der Waals surface area contributed by atoms with Gasteiger partial charge in [0, 0.05) is 19.6 Å². The minimum Gasteiger partial charge on any atom is -0.507 e. The third-order valence-electron chi connectivity index (χ3n) is 6.86. The van der Waals surface area contributed by atoms with Gasteiger partial charge in [-0.05, 0) is 59.6 Å². The van der Waals surface area contributed by atoms with E-state index in [4.69, 9.17) is 4.74 Å². The Morgan fingerprint density at radius 2 is 1.65 bits per heavy atom. The molecular formula is C30H31NO3.